The van der Waals surface area contributed by atoms with Crippen LogP contribution in [0.4, 0.5) is 0 Å². The zero-order chi connectivity index (χ0) is 12.7. The van der Waals surface area contributed by atoms with Gasteiger partial charge in [-0.15, -0.1) is 0 Å². The minimum atomic E-state index is 0.537. The van der Waals surface area contributed by atoms with Gasteiger partial charge < -0.3 is 10.1 Å². The summed E-state index contributed by atoms with van der Waals surface area (Å²) in [4.78, 5) is 0. The molecule has 0 radical (unpaired) electrons. The van der Waals surface area contributed by atoms with Crippen molar-refractivity contribution in [1.82, 2.24) is 5.32 Å². The number of rotatable bonds is 7. The van der Waals surface area contributed by atoms with E-state index in [0.29, 0.717) is 6.04 Å². The van der Waals surface area contributed by atoms with Crippen molar-refractivity contribution in [2.75, 3.05) is 25.7 Å². The molecule has 1 N–H and O–H groups in total. The van der Waals surface area contributed by atoms with Gasteiger partial charge in [-0.25, -0.2) is 0 Å². The van der Waals surface area contributed by atoms with Gasteiger partial charge in [0.15, 0.2) is 0 Å². The van der Waals surface area contributed by atoms with Crippen molar-refractivity contribution in [1.29, 1.82) is 0 Å². The third kappa shape index (κ3) is 4.90. The average molecular weight is 318 g/mol. The Labute approximate surface area is 117 Å². The Morgan fingerprint density at radius 1 is 1.47 bits per heavy atom. The van der Waals surface area contributed by atoms with Gasteiger partial charge in [-0.05, 0) is 52.8 Å². The van der Waals surface area contributed by atoms with Crippen LogP contribution >= 0.6 is 27.7 Å². The molecule has 96 valence electrons. The summed E-state index contributed by atoms with van der Waals surface area (Å²) in [6.07, 6.45) is 3.20. The van der Waals surface area contributed by atoms with Crippen LogP contribution in [0.2, 0.25) is 0 Å². The molecule has 0 amide bonds. The first-order valence-electron chi connectivity index (χ1n) is 5.76. The number of ether oxygens (including phenoxy) is 1. The largest absolute Gasteiger partial charge is 0.496 e. The number of hydrogen-bond donors (Lipinski definition) is 1. The van der Waals surface area contributed by atoms with Gasteiger partial charge in [-0.2, -0.15) is 11.8 Å². The van der Waals surface area contributed by atoms with Crippen LogP contribution in [0.25, 0.3) is 0 Å². The van der Waals surface area contributed by atoms with Crippen LogP contribution in [0.3, 0.4) is 0 Å². The zero-order valence-corrected chi connectivity index (χ0v) is 13.0. The second-order valence-corrected chi connectivity index (χ2v) is 5.65. The maximum Gasteiger partial charge on any atom is 0.133 e. The molecule has 0 aliphatic heterocycles. The second-order valence-electron chi connectivity index (χ2n) is 3.88. The van der Waals surface area contributed by atoms with Gasteiger partial charge in [0, 0.05) is 11.8 Å². The Bertz CT molecular complexity index is 340. The maximum atomic E-state index is 5.23. The van der Waals surface area contributed by atoms with Crippen LogP contribution in [-0.2, 0) is 6.42 Å². The van der Waals surface area contributed by atoms with Crippen LogP contribution in [0.5, 0.6) is 5.75 Å². The smallest absolute Gasteiger partial charge is 0.133 e. The van der Waals surface area contributed by atoms with E-state index < -0.39 is 0 Å². The van der Waals surface area contributed by atoms with Gasteiger partial charge >= 0.3 is 0 Å². The molecule has 1 aromatic rings. The molecule has 1 aromatic carbocycles. The number of halogens is 1. The molecule has 1 unspecified atom stereocenters. The van der Waals surface area contributed by atoms with Crippen molar-refractivity contribution in [2.24, 2.45) is 0 Å². The second kappa shape index (κ2) is 8.01. The summed E-state index contributed by atoms with van der Waals surface area (Å²) >= 11 is 5.41. The standard InChI is InChI=1S/C13H20BrNOS/c1-4-15-11(9-17-3)7-10-5-6-13(16-2)12(14)8-10/h5-6,8,11,15H,4,7,9H2,1-3H3. The highest BCUT2D eigenvalue weighted by Gasteiger charge is 2.09. The highest BCUT2D eigenvalue weighted by molar-refractivity contribution is 9.10. The third-order valence-electron chi connectivity index (χ3n) is 2.56. The van der Waals surface area contributed by atoms with E-state index in [1.807, 2.05) is 17.8 Å². The fourth-order valence-corrected chi connectivity index (χ4v) is 3.03. The molecule has 1 rings (SSSR count). The topological polar surface area (TPSA) is 21.3 Å². The highest BCUT2D eigenvalue weighted by Crippen LogP contribution is 2.26. The average Bonchev–Trinajstić information content (AvgIpc) is 2.30. The van der Waals surface area contributed by atoms with Gasteiger partial charge in [-0.3, -0.25) is 0 Å². The Balaban J connectivity index is 2.68. The first-order valence-corrected chi connectivity index (χ1v) is 7.94. The van der Waals surface area contributed by atoms with Gasteiger partial charge in [0.25, 0.3) is 0 Å². The lowest BCUT2D eigenvalue weighted by molar-refractivity contribution is 0.412. The molecule has 0 fully saturated rings. The van der Waals surface area contributed by atoms with Gasteiger partial charge in [-0.1, -0.05) is 13.0 Å². The molecule has 0 heterocycles. The highest BCUT2D eigenvalue weighted by atomic mass is 79.9. The van der Waals surface area contributed by atoms with E-state index in [9.17, 15) is 0 Å². The van der Waals surface area contributed by atoms with Crippen LogP contribution in [0, 0.1) is 0 Å². The molecule has 1 atom stereocenters. The minimum Gasteiger partial charge on any atom is -0.496 e. The molecule has 0 bridgehead atoms. The minimum absolute atomic E-state index is 0.537. The van der Waals surface area contributed by atoms with Gasteiger partial charge in [0.1, 0.15) is 5.75 Å². The maximum absolute atomic E-state index is 5.23. The van der Waals surface area contributed by atoms with E-state index in [0.717, 1.165) is 28.9 Å². The summed E-state index contributed by atoms with van der Waals surface area (Å²) in [5, 5.41) is 3.51. The Morgan fingerprint density at radius 3 is 2.76 bits per heavy atom. The number of thioether (sulfide) groups is 1. The molecular formula is C13H20BrNOS. The third-order valence-corrected chi connectivity index (χ3v) is 3.91. The Morgan fingerprint density at radius 2 is 2.24 bits per heavy atom. The predicted octanol–water partition coefficient (Wildman–Crippen LogP) is 3.34. The van der Waals surface area contributed by atoms with E-state index in [4.69, 9.17) is 4.74 Å². The summed E-state index contributed by atoms with van der Waals surface area (Å²) in [7, 11) is 1.69. The van der Waals surface area contributed by atoms with Gasteiger partial charge in [0.2, 0.25) is 0 Å². The van der Waals surface area contributed by atoms with Crippen molar-refractivity contribution >= 4 is 27.7 Å². The summed E-state index contributed by atoms with van der Waals surface area (Å²) in [5.74, 6) is 2.02. The van der Waals surface area contributed by atoms with Crippen molar-refractivity contribution in [3.8, 4) is 5.75 Å². The van der Waals surface area contributed by atoms with Crippen molar-refractivity contribution < 1.29 is 4.74 Å². The van der Waals surface area contributed by atoms with Crippen molar-refractivity contribution in [3.05, 3.63) is 28.2 Å². The Hall–Kier alpha value is -0.190. The number of likely N-dealkylation sites (N-methyl/N-ethyl adjacent to an activating group) is 1. The normalized spacial score (nSPS) is 12.5. The fraction of sp³-hybridized carbons (Fsp3) is 0.538. The molecule has 0 saturated carbocycles. The van der Waals surface area contributed by atoms with Crippen molar-refractivity contribution in [2.45, 2.75) is 19.4 Å². The predicted molar refractivity (Wildman–Crippen MR) is 80.2 cm³/mol. The SMILES string of the molecule is CCNC(CSC)Cc1ccc(OC)c(Br)c1. The molecule has 0 aliphatic rings. The first kappa shape index (κ1) is 14.9. The van der Waals surface area contributed by atoms with Gasteiger partial charge in [0.05, 0.1) is 11.6 Å². The number of methoxy groups -OCH3 is 1. The van der Waals surface area contributed by atoms with Crippen LogP contribution in [0.1, 0.15) is 12.5 Å². The number of hydrogen-bond acceptors (Lipinski definition) is 3. The molecule has 4 heteroatoms. The summed E-state index contributed by atoms with van der Waals surface area (Å²) in [6, 6.07) is 6.83. The molecule has 0 aromatic heterocycles. The molecule has 17 heavy (non-hydrogen) atoms. The lowest BCUT2D eigenvalue weighted by Crippen LogP contribution is -2.33. The first-order chi connectivity index (χ1) is 8.21. The van der Waals surface area contributed by atoms with Crippen LogP contribution in [-0.4, -0.2) is 31.7 Å². The fourth-order valence-electron chi connectivity index (χ4n) is 1.80. The Kier molecular flexibility index (Phi) is 7.00. The number of benzene rings is 1. The lowest BCUT2D eigenvalue weighted by atomic mass is 10.1. The summed E-state index contributed by atoms with van der Waals surface area (Å²) < 4.78 is 6.26. The van der Waals surface area contributed by atoms with E-state index >= 15 is 0 Å². The van der Waals surface area contributed by atoms with E-state index in [-0.39, 0.29) is 0 Å². The molecule has 2 nitrogen and oxygen atoms in total. The van der Waals surface area contributed by atoms with Crippen LogP contribution < -0.4 is 10.1 Å². The molecule has 0 spiro atoms. The lowest BCUT2D eigenvalue weighted by Gasteiger charge is -2.17. The summed E-state index contributed by atoms with van der Waals surface area (Å²) in [6.45, 7) is 3.17. The number of nitrogens with one attached hydrogen (secondary N) is 1. The van der Waals surface area contributed by atoms with E-state index in [1.54, 1.807) is 7.11 Å². The van der Waals surface area contributed by atoms with E-state index in [2.05, 4.69) is 46.6 Å². The quantitative estimate of drug-likeness (QED) is 0.833. The monoisotopic (exact) mass is 317 g/mol. The summed E-state index contributed by atoms with van der Waals surface area (Å²) in [5.41, 5.74) is 1.33. The van der Waals surface area contributed by atoms with Crippen molar-refractivity contribution in [3.63, 3.8) is 0 Å². The van der Waals surface area contributed by atoms with E-state index in [1.165, 1.54) is 5.56 Å². The van der Waals surface area contributed by atoms with Crippen LogP contribution in [0.15, 0.2) is 22.7 Å². The zero-order valence-electron chi connectivity index (χ0n) is 10.6. The molecular weight excluding hydrogens is 298 g/mol. The molecule has 0 aliphatic carbocycles. The molecule has 0 saturated heterocycles.